The van der Waals surface area contributed by atoms with Gasteiger partial charge in [-0.1, -0.05) is 5.16 Å². The van der Waals surface area contributed by atoms with Gasteiger partial charge in [-0.3, -0.25) is 0 Å². The number of nitrogens with zero attached hydrogens (tertiary/aromatic N) is 2. The summed E-state index contributed by atoms with van der Waals surface area (Å²) in [7, 11) is -3.10. The Morgan fingerprint density at radius 1 is 1.56 bits per heavy atom. The number of hydrogen-bond donors (Lipinski definition) is 1. The lowest BCUT2D eigenvalue weighted by molar-refractivity contribution is 0.342. The molecular weight excluding hydrogens is 230 g/mol. The molecule has 1 saturated heterocycles. The summed E-state index contributed by atoms with van der Waals surface area (Å²) in [5.74, 6) is 0.818. The van der Waals surface area contributed by atoms with E-state index >= 15 is 0 Å². The van der Waals surface area contributed by atoms with Gasteiger partial charge in [0, 0.05) is 12.3 Å². The van der Waals surface area contributed by atoms with Crippen molar-refractivity contribution >= 4 is 9.84 Å². The van der Waals surface area contributed by atoms with E-state index in [1.165, 1.54) is 0 Å². The molecule has 0 bridgehead atoms. The minimum absolute atomic E-state index is 0.162. The standard InChI is InChI=1S/C9H15N3O3S/c1-6-7(3-4-10-6)9-11-8(12-15-9)5-16(2,13)14/h6-7,10H,3-5H2,1-2H3. The third-order valence-corrected chi connectivity index (χ3v) is 3.50. The molecule has 90 valence electrons. The minimum atomic E-state index is -3.10. The van der Waals surface area contributed by atoms with Crippen LogP contribution in [0, 0.1) is 0 Å². The van der Waals surface area contributed by atoms with Gasteiger partial charge in [-0.2, -0.15) is 4.98 Å². The fourth-order valence-electron chi connectivity index (χ4n) is 1.91. The lowest BCUT2D eigenvalue weighted by atomic mass is 10.0. The summed E-state index contributed by atoms with van der Waals surface area (Å²) >= 11 is 0. The van der Waals surface area contributed by atoms with E-state index in [0.29, 0.717) is 11.9 Å². The van der Waals surface area contributed by atoms with Crippen molar-refractivity contribution in [3.05, 3.63) is 11.7 Å². The Bertz CT molecular complexity index is 468. The normalized spacial score (nSPS) is 26.1. The van der Waals surface area contributed by atoms with Crippen molar-refractivity contribution < 1.29 is 12.9 Å². The summed E-state index contributed by atoms with van der Waals surface area (Å²) in [6.07, 6.45) is 2.10. The smallest absolute Gasteiger partial charge is 0.231 e. The third kappa shape index (κ3) is 2.59. The molecule has 1 N–H and O–H groups in total. The van der Waals surface area contributed by atoms with Crippen LogP contribution in [-0.2, 0) is 15.6 Å². The molecule has 2 heterocycles. The largest absolute Gasteiger partial charge is 0.339 e. The van der Waals surface area contributed by atoms with Crippen molar-refractivity contribution in [1.29, 1.82) is 0 Å². The van der Waals surface area contributed by atoms with E-state index in [1.54, 1.807) is 0 Å². The highest BCUT2D eigenvalue weighted by atomic mass is 32.2. The Balaban J connectivity index is 2.13. The minimum Gasteiger partial charge on any atom is -0.339 e. The van der Waals surface area contributed by atoms with Crippen molar-refractivity contribution in [2.24, 2.45) is 0 Å². The van der Waals surface area contributed by atoms with Gasteiger partial charge in [-0.15, -0.1) is 0 Å². The predicted octanol–water partition coefficient (Wildman–Crippen LogP) is 0.0796. The van der Waals surface area contributed by atoms with Crippen molar-refractivity contribution in [1.82, 2.24) is 15.5 Å². The van der Waals surface area contributed by atoms with Crippen molar-refractivity contribution in [3.8, 4) is 0 Å². The number of nitrogens with one attached hydrogen (secondary N) is 1. The van der Waals surface area contributed by atoms with Crippen LogP contribution in [0.25, 0.3) is 0 Å². The third-order valence-electron chi connectivity index (χ3n) is 2.72. The Kier molecular flexibility index (Phi) is 2.98. The zero-order valence-electron chi connectivity index (χ0n) is 9.30. The average Bonchev–Trinajstić information content (AvgIpc) is 2.71. The SMILES string of the molecule is CC1NCCC1c1nc(CS(C)(=O)=O)no1. The van der Waals surface area contributed by atoms with Crippen LogP contribution in [0.2, 0.25) is 0 Å². The van der Waals surface area contributed by atoms with Crippen LogP contribution in [0.1, 0.15) is 31.0 Å². The van der Waals surface area contributed by atoms with E-state index in [0.717, 1.165) is 19.2 Å². The van der Waals surface area contributed by atoms with E-state index in [9.17, 15) is 8.42 Å². The number of hydrogen-bond acceptors (Lipinski definition) is 6. The lowest BCUT2D eigenvalue weighted by Crippen LogP contribution is -2.21. The van der Waals surface area contributed by atoms with E-state index in [1.807, 2.05) is 0 Å². The van der Waals surface area contributed by atoms with E-state index in [2.05, 4.69) is 22.4 Å². The molecule has 0 aliphatic carbocycles. The molecule has 0 amide bonds. The molecule has 1 fully saturated rings. The molecule has 1 aliphatic heterocycles. The molecule has 16 heavy (non-hydrogen) atoms. The molecule has 1 aromatic rings. The molecular formula is C9H15N3O3S. The quantitative estimate of drug-likeness (QED) is 0.811. The van der Waals surface area contributed by atoms with Gasteiger partial charge in [0.25, 0.3) is 0 Å². The first kappa shape index (κ1) is 11.5. The van der Waals surface area contributed by atoms with Gasteiger partial charge in [-0.25, -0.2) is 8.42 Å². The van der Waals surface area contributed by atoms with Crippen molar-refractivity contribution in [3.63, 3.8) is 0 Å². The Hall–Kier alpha value is -0.950. The van der Waals surface area contributed by atoms with Crippen LogP contribution in [0.15, 0.2) is 4.52 Å². The average molecular weight is 245 g/mol. The van der Waals surface area contributed by atoms with Crippen LogP contribution in [0.3, 0.4) is 0 Å². The van der Waals surface area contributed by atoms with Crippen LogP contribution >= 0.6 is 0 Å². The molecule has 0 radical (unpaired) electrons. The first-order valence-electron chi connectivity index (χ1n) is 5.19. The van der Waals surface area contributed by atoms with Crippen LogP contribution in [-0.4, -0.2) is 37.4 Å². The van der Waals surface area contributed by atoms with Crippen molar-refractivity contribution in [2.45, 2.75) is 31.1 Å². The molecule has 1 aliphatic rings. The highest BCUT2D eigenvalue weighted by Crippen LogP contribution is 2.25. The number of rotatable bonds is 3. The monoisotopic (exact) mass is 245 g/mol. The first-order chi connectivity index (χ1) is 7.46. The highest BCUT2D eigenvalue weighted by molar-refractivity contribution is 7.89. The summed E-state index contributed by atoms with van der Waals surface area (Å²) < 4.78 is 27.2. The Labute approximate surface area is 94.3 Å². The predicted molar refractivity (Wildman–Crippen MR) is 57.7 cm³/mol. The van der Waals surface area contributed by atoms with Gasteiger partial charge in [0.05, 0.1) is 5.92 Å². The second-order valence-electron chi connectivity index (χ2n) is 4.26. The summed E-state index contributed by atoms with van der Waals surface area (Å²) in [4.78, 5) is 4.13. The Morgan fingerprint density at radius 3 is 2.88 bits per heavy atom. The summed E-state index contributed by atoms with van der Waals surface area (Å²) in [5.41, 5.74) is 0. The lowest BCUT2D eigenvalue weighted by Gasteiger charge is -2.08. The zero-order valence-corrected chi connectivity index (χ0v) is 10.1. The fourth-order valence-corrected chi connectivity index (χ4v) is 2.49. The molecule has 2 unspecified atom stereocenters. The van der Waals surface area contributed by atoms with Gasteiger partial charge in [0.2, 0.25) is 5.89 Å². The summed E-state index contributed by atoms with van der Waals surface area (Å²) in [6.45, 7) is 2.98. The number of aromatic nitrogens is 2. The maximum Gasteiger partial charge on any atom is 0.231 e. The van der Waals surface area contributed by atoms with Crippen LogP contribution < -0.4 is 5.32 Å². The van der Waals surface area contributed by atoms with E-state index < -0.39 is 9.84 Å². The zero-order chi connectivity index (χ0) is 11.8. The summed E-state index contributed by atoms with van der Waals surface area (Å²) in [5, 5.41) is 6.97. The second-order valence-corrected chi connectivity index (χ2v) is 6.40. The van der Waals surface area contributed by atoms with Crippen LogP contribution in [0.4, 0.5) is 0 Å². The van der Waals surface area contributed by atoms with E-state index in [4.69, 9.17) is 4.52 Å². The van der Waals surface area contributed by atoms with Gasteiger partial charge < -0.3 is 9.84 Å². The molecule has 6 nitrogen and oxygen atoms in total. The first-order valence-corrected chi connectivity index (χ1v) is 7.25. The summed E-state index contributed by atoms with van der Waals surface area (Å²) in [6, 6.07) is 0.298. The highest BCUT2D eigenvalue weighted by Gasteiger charge is 2.29. The van der Waals surface area contributed by atoms with Gasteiger partial charge >= 0.3 is 0 Å². The topological polar surface area (TPSA) is 85.1 Å². The van der Waals surface area contributed by atoms with Gasteiger partial charge in [0.15, 0.2) is 15.7 Å². The fraction of sp³-hybridized carbons (Fsp3) is 0.778. The molecule has 2 rings (SSSR count). The second kappa shape index (κ2) is 4.14. The van der Waals surface area contributed by atoms with Crippen LogP contribution in [0.5, 0.6) is 0 Å². The van der Waals surface area contributed by atoms with Gasteiger partial charge in [0.1, 0.15) is 5.75 Å². The molecule has 1 aromatic heterocycles. The van der Waals surface area contributed by atoms with E-state index in [-0.39, 0.29) is 17.5 Å². The molecule has 0 saturated carbocycles. The maximum absolute atomic E-state index is 11.1. The van der Waals surface area contributed by atoms with Gasteiger partial charge in [-0.05, 0) is 19.9 Å². The Morgan fingerprint density at radius 2 is 2.31 bits per heavy atom. The molecule has 0 spiro atoms. The number of sulfone groups is 1. The maximum atomic E-state index is 11.1. The molecule has 2 atom stereocenters. The van der Waals surface area contributed by atoms with Crippen molar-refractivity contribution in [2.75, 3.05) is 12.8 Å². The molecule has 7 heteroatoms. The molecule has 0 aromatic carbocycles.